The third-order valence-corrected chi connectivity index (χ3v) is 4.70. The summed E-state index contributed by atoms with van der Waals surface area (Å²) in [6, 6.07) is 7.86. The molecule has 1 aromatic carbocycles. The smallest absolute Gasteiger partial charge is 0.227 e. The van der Waals surface area contributed by atoms with Crippen LogP contribution in [0, 0.1) is 24.7 Å². The van der Waals surface area contributed by atoms with Crippen LogP contribution in [0.1, 0.15) is 37.7 Å². The van der Waals surface area contributed by atoms with Gasteiger partial charge in [-0.25, -0.2) is 0 Å². The number of Topliss-reactive ketones (excluding diaryl/α,β-unsaturated/α-hetero) is 1. The molecule has 0 unspecified atom stereocenters. The Morgan fingerprint density at radius 2 is 1.90 bits per heavy atom. The molecule has 2 atom stereocenters. The second-order valence-electron chi connectivity index (χ2n) is 6.25. The van der Waals surface area contributed by atoms with Crippen LogP contribution in [-0.4, -0.2) is 11.7 Å². The summed E-state index contributed by atoms with van der Waals surface area (Å²) in [5.41, 5.74) is 2.00. The number of hydrogen-bond donors (Lipinski definition) is 1. The lowest BCUT2D eigenvalue weighted by Gasteiger charge is -2.36. The maximum atomic E-state index is 12.4. The summed E-state index contributed by atoms with van der Waals surface area (Å²) in [5.74, 6) is 0.769. The fourth-order valence-electron chi connectivity index (χ4n) is 3.66. The molecule has 0 aliphatic heterocycles. The monoisotopic (exact) mass is 271 g/mol. The highest BCUT2D eigenvalue weighted by Crippen LogP contribution is 2.40. The van der Waals surface area contributed by atoms with Crippen molar-refractivity contribution in [1.29, 1.82) is 0 Å². The number of aryl methyl sites for hydroxylation is 1. The Labute approximate surface area is 119 Å². The maximum Gasteiger partial charge on any atom is 0.227 e. The molecule has 0 spiro atoms. The molecule has 1 N–H and O–H groups in total. The Morgan fingerprint density at radius 1 is 1.20 bits per heavy atom. The number of rotatable bonds is 2. The number of amides is 1. The molecule has 2 bridgehead atoms. The first-order valence-corrected chi connectivity index (χ1v) is 7.55. The minimum atomic E-state index is 0.00325. The van der Waals surface area contributed by atoms with Gasteiger partial charge in [-0.15, -0.1) is 0 Å². The highest BCUT2D eigenvalue weighted by atomic mass is 16.2. The molecule has 2 saturated carbocycles. The van der Waals surface area contributed by atoms with Gasteiger partial charge in [0.15, 0.2) is 0 Å². The topological polar surface area (TPSA) is 46.2 Å². The first-order valence-electron chi connectivity index (χ1n) is 7.55. The molecule has 3 rings (SSSR count). The molecule has 20 heavy (non-hydrogen) atoms. The van der Waals surface area contributed by atoms with E-state index in [1.165, 1.54) is 0 Å². The molecule has 3 nitrogen and oxygen atoms in total. The van der Waals surface area contributed by atoms with E-state index >= 15 is 0 Å². The molecule has 0 radical (unpaired) electrons. The van der Waals surface area contributed by atoms with Gasteiger partial charge in [0.1, 0.15) is 5.78 Å². The zero-order valence-corrected chi connectivity index (χ0v) is 11.9. The summed E-state index contributed by atoms with van der Waals surface area (Å²) in [4.78, 5) is 24.4. The summed E-state index contributed by atoms with van der Waals surface area (Å²) in [6.07, 6.45) is 4.58. The van der Waals surface area contributed by atoms with Crippen LogP contribution >= 0.6 is 0 Å². The number of hydrogen-bond acceptors (Lipinski definition) is 2. The first kappa shape index (κ1) is 13.3. The third-order valence-electron chi connectivity index (χ3n) is 4.70. The highest BCUT2D eigenvalue weighted by molar-refractivity contribution is 5.95. The van der Waals surface area contributed by atoms with Gasteiger partial charge in [-0.05, 0) is 50.3 Å². The van der Waals surface area contributed by atoms with Gasteiger partial charge in [-0.2, -0.15) is 0 Å². The molecule has 1 amide bonds. The van der Waals surface area contributed by atoms with Crippen molar-refractivity contribution >= 4 is 17.4 Å². The third kappa shape index (κ3) is 2.62. The van der Waals surface area contributed by atoms with Crippen LogP contribution in [0.5, 0.6) is 0 Å². The first-order chi connectivity index (χ1) is 9.63. The molecule has 2 fully saturated rings. The van der Waals surface area contributed by atoms with E-state index in [0.29, 0.717) is 5.78 Å². The van der Waals surface area contributed by atoms with Crippen molar-refractivity contribution in [1.82, 2.24) is 0 Å². The van der Waals surface area contributed by atoms with E-state index in [4.69, 9.17) is 0 Å². The average Bonchev–Trinajstić information content (AvgIpc) is 2.38. The number of carbonyl (C=O) groups is 2. The zero-order valence-electron chi connectivity index (χ0n) is 11.9. The Bertz CT molecular complexity index is 522. The van der Waals surface area contributed by atoms with E-state index in [9.17, 15) is 9.59 Å². The molecule has 0 aromatic heterocycles. The molecular weight excluding hydrogens is 250 g/mol. The van der Waals surface area contributed by atoms with Crippen LogP contribution in [0.15, 0.2) is 24.3 Å². The summed E-state index contributed by atoms with van der Waals surface area (Å²) in [5, 5.41) is 3.01. The SMILES string of the molecule is Cc1cccc(NC(=O)C2C[C@@H]3CCC[C@@H](C2)C3=O)c1. The van der Waals surface area contributed by atoms with Crippen LogP contribution in [0.4, 0.5) is 5.69 Å². The fraction of sp³-hybridized carbons (Fsp3) is 0.529. The van der Waals surface area contributed by atoms with E-state index in [2.05, 4.69) is 5.32 Å². The van der Waals surface area contributed by atoms with E-state index in [0.717, 1.165) is 43.4 Å². The zero-order chi connectivity index (χ0) is 14.1. The minimum Gasteiger partial charge on any atom is -0.326 e. The maximum absolute atomic E-state index is 12.4. The van der Waals surface area contributed by atoms with Crippen molar-refractivity contribution < 1.29 is 9.59 Å². The van der Waals surface area contributed by atoms with E-state index in [1.54, 1.807) is 0 Å². The Balaban J connectivity index is 1.67. The summed E-state index contributed by atoms with van der Waals surface area (Å²) in [7, 11) is 0. The van der Waals surface area contributed by atoms with Gasteiger partial charge in [-0.1, -0.05) is 18.6 Å². The van der Waals surface area contributed by atoms with E-state index in [1.807, 2.05) is 31.2 Å². The molecule has 106 valence electrons. The summed E-state index contributed by atoms with van der Waals surface area (Å²) < 4.78 is 0. The van der Waals surface area contributed by atoms with Crippen LogP contribution in [-0.2, 0) is 9.59 Å². The predicted molar refractivity (Wildman–Crippen MR) is 78.4 cm³/mol. The lowest BCUT2D eigenvalue weighted by atomic mass is 9.67. The number of fused-ring (bicyclic) bond motifs is 2. The van der Waals surface area contributed by atoms with E-state index in [-0.39, 0.29) is 23.7 Å². The van der Waals surface area contributed by atoms with Gasteiger partial charge in [0.05, 0.1) is 0 Å². The van der Waals surface area contributed by atoms with Crippen molar-refractivity contribution in [3.8, 4) is 0 Å². The standard InChI is InChI=1S/C17H21NO2/c1-11-4-2-7-15(8-11)18-17(20)14-9-12-5-3-6-13(10-14)16(12)19/h2,4,7-8,12-14H,3,5-6,9-10H2,1H3,(H,18,20)/t12-,13-/m0/s1. The molecule has 1 aromatic rings. The average molecular weight is 271 g/mol. The van der Waals surface area contributed by atoms with Crippen molar-refractivity contribution in [2.24, 2.45) is 17.8 Å². The van der Waals surface area contributed by atoms with Crippen molar-refractivity contribution in [2.45, 2.75) is 39.0 Å². The summed E-state index contributed by atoms with van der Waals surface area (Å²) >= 11 is 0. The fourth-order valence-corrected chi connectivity index (χ4v) is 3.66. The van der Waals surface area contributed by atoms with Crippen molar-refractivity contribution in [3.05, 3.63) is 29.8 Å². The second kappa shape index (κ2) is 5.39. The minimum absolute atomic E-state index is 0.00325. The van der Waals surface area contributed by atoms with E-state index < -0.39 is 0 Å². The number of anilines is 1. The lowest BCUT2D eigenvalue weighted by molar-refractivity contribution is -0.136. The molecule has 0 heterocycles. The molecule has 0 saturated heterocycles. The Morgan fingerprint density at radius 3 is 2.55 bits per heavy atom. The van der Waals surface area contributed by atoms with Gasteiger partial charge in [0.25, 0.3) is 0 Å². The van der Waals surface area contributed by atoms with Crippen LogP contribution in [0.25, 0.3) is 0 Å². The van der Waals surface area contributed by atoms with Crippen molar-refractivity contribution in [3.63, 3.8) is 0 Å². The van der Waals surface area contributed by atoms with Crippen molar-refractivity contribution in [2.75, 3.05) is 5.32 Å². The normalized spacial score (nSPS) is 29.1. The van der Waals surface area contributed by atoms with Gasteiger partial charge in [-0.3, -0.25) is 9.59 Å². The van der Waals surface area contributed by atoms with Crippen LogP contribution in [0.2, 0.25) is 0 Å². The second-order valence-corrected chi connectivity index (χ2v) is 6.25. The Kier molecular flexibility index (Phi) is 3.60. The molecule has 2 aliphatic carbocycles. The number of nitrogens with one attached hydrogen (secondary N) is 1. The quantitative estimate of drug-likeness (QED) is 0.896. The van der Waals surface area contributed by atoms with Gasteiger partial charge < -0.3 is 5.32 Å². The van der Waals surface area contributed by atoms with Crippen LogP contribution in [0.3, 0.4) is 0 Å². The lowest BCUT2D eigenvalue weighted by Crippen LogP contribution is -2.40. The number of carbonyl (C=O) groups excluding carboxylic acids is 2. The number of ketones is 1. The number of benzene rings is 1. The van der Waals surface area contributed by atoms with Crippen LogP contribution < -0.4 is 5.32 Å². The van der Waals surface area contributed by atoms with Gasteiger partial charge in [0, 0.05) is 23.4 Å². The molecular formula is C17H21NO2. The largest absolute Gasteiger partial charge is 0.326 e. The Hall–Kier alpha value is -1.64. The summed E-state index contributed by atoms with van der Waals surface area (Å²) in [6.45, 7) is 2.01. The van der Waals surface area contributed by atoms with Gasteiger partial charge >= 0.3 is 0 Å². The molecule has 2 aliphatic rings. The van der Waals surface area contributed by atoms with Gasteiger partial charge in [0.2, 0.25) is 5.91 Å². The predicted octanol–water partition coefficient (Wildman–Crippen LogP) is 3.33. The highest BCUT2D eigenvalue weighted by Gasteiger charge is 2.41. The molecule has 3 heteroatoms.